The molecule has 0 radical (unpaired) electrons. The van der Waals surface area contributed by atoms with Crippen LogP contribution >= 0.6 is 22.7 Å². The van der Waals surface area contributed by atoms with Gasteiger partial charge in [-0.05, 0) is 36.4 Å². The number of hydrogen-bond acceptors (Lipinski definition) is 6. The number of rotatable bonds is 6. The number of sulfonamides is 1. The number of amides is 1. The Bertz CT molecular complexity index is 837. The first-order valence-electron chi connectivity index (χ1n) is 8.37. The Kier molecular flexibility index (Phi) is 6.13. The maximum absolute atomic E-state index is 12.3. The van der Waals surface area contributed by atoms with Gasteiger partial charge in [0.25, 0.3) is 0 Å². The van der Waals surface area contributed by atoms with Crippen LogP contribution in [0.2, 0.25) is 0 Å². The van der Waals surface area contributed by atoms with Gasteiger partial charge in [-0.1, -0.05) is 6.07 Å². The van der Waals surface area contributed by atoms with E-state index in [2.05, 4.69) is 5.32 Å². The molecule has 3 heterocycles. The number of aliphatic hydroxyl groups is 1. The van der Waals surface area contributed by atoms with Crippen LogP contribution in [0, 0.1) is 5.92 Å². The van der Waals surface area contributed by atoms with Crippen LogP contribution in [0.25, 0.3) is 0 Å². The fraction of sp³-hybridized carbons (Fsp3) is 0.471. The molecule has 2 aromatic rings. The van der Waals surface area contributed by atoms with Crippen molar-refractivity contribution in [1.29, 1.82) is 0 Å². The van der Waals surface area contributed by atoms with Gasteiger partial charge in [0.05, 0.1) is 12.8 Å². The minimum Gasteiger partial charge on any atom is -0.382 e. The smallest absolute Gasteiger partial charge is 0.223 e. The number of nitrogens with zero attached hydrogens (tertiary/aromatic N) is 1. The summed E-state index contributed by atoms with van der Waals surface area (Å²) in [5.74, 6) is -0.184. The molecular weight excluding hydrogens is 392 g/mol. The van der Waals surface area contributed by atoms with E-state index in [1.807, 2.05) is 29.6 Å². The number of carbonyl (C=O) groups is 1. The lowest BCUT2D eigenvalue weighted by Crippen LogP contribution is -2.42. The second kappa shape index (κ2) is 8.18. The van der Waals surface area contributed by atoms with Crippen LogP contribution in [0.5, 0.6) is 0 Å². The summed E-state index contributed by atoms with van der Waals surface area (Å²) in [6.07, 6.45) is 1.67. The number of piperidine rings is 1. The second-order valence-corrected chi connectivity index (χ2v) is 10.5. The summed E-state index contributed by atoms with van der Waals surface area (Å²) in [5.41, 5.74) is 0. The van der Waals surface area contributed by atoms with Crippen LogP contribution in [0.3, 0.4) is 0 Å². The largest absolute Gasteiger partial charge is 0.382 e. The topological polar surface area (TPSA) is 86.7 Å². The lowest BCUT2D eigenvalue weighted by atomic mass is 9.97. The summed E-state index contributed by atoms with van der Waals surface area (Å²) < 4.78 is 24.5. The van der Waals surface area contributed by atoms with Crippen molar-refractivity contribution in [2.75, 3.05) is 19.3 Å². The highest BCUT2D eigenvalue weighted by atomic mass is 32.2. The number of thiophene rings is 2. The van der Waals surface area contributed by atoms with Gasteiger partial charge in [-0.25, -0.2) is 12.7 Å². The highest BCUT2D eigenvalue weighted by Gasteiger charge is 2.28. The van der Waals surface area contributed by atoms with Crippen LogP contribution in [0.4, 0.5) is 0 Å². The third kappa shape index (κ3) is 4.72. The molecule has 26 heavy (non-hydrogen) atoms. The van der Waals surface area contributed by atoms with Crippen LogP contribution < -0.4 is 5.32 Å². The zero-order valence-corrected chi connectivity index (χ0v) is 16.9. The number of hydrogen-bond donors (Lipinski definition) is 2. The summed E-state index contributed by atoms with van der Waals surface area (Å²) in [4.78, 5) is 15.1. The summed E-state index contributed by atoms with van der Waals surface area (Å²) in [7, 11) is -3.17. The predicted molar refractivity (Wildman–Crippen MR) is 104 cm³/mol. The molecule has 9 heteroatoms. The van der Waals surface area contributed by atoms with Gasteiger partial charge in [0.2, 0.25) is 15.9 Å². The van der Waals surface area contributed by atoms with E-state index in [1.165, 1.54) is 33.2 Å². The maximum atomic E-state index is 12.3. The molecule has 2 N–H and O–H groups in total. The average molecular weight is 415 g/mol. The highest BCUT2D eigenvalue weighted by molar-refractivity contribution is 7.88. The van der Waals surface area contributed by atoms with E-state index in [4.69, 9.17) is 0 Å². The van der Waals surface area contributed by atoms with E-state index in [1.54, 1.807) is 0 Å². The molecule has 1 atom stereocenters. The maximum Gasteiger partial charge on any atom is 0.223 e. The number of carbonyl (C=O) groups excluding carboxylic acids is 1. The molecule has 0 bridgehead atoms. The molecule has 1 fully saturated rings. The number of nitrogens with one attached hydrogen (secondary N) is 1. The lowest BCUT2D eigenvalue weighted by Gasteiger charge is -2.29. The van der Waals surface area contributed by atoms with E-state index in [0.717, 1.165) is 14.6 Å². The van der Waals surface area contributed by atoms with Gasteiger partial charge in [-0.2, -0.15) is 0 Å². The lowest BCUT2D eigenvalue weighted by molar-refractivity contribution is -0.126. The molecule has 1 unspecified atom stereocenters. The molecule has 2 aromatic heterocycles. The Hall–Kier alpha value is -1.26. The molecule has 1 aliphatic rings. The van der Waals surface area contributed by atoms with Crippen LogP contribution in [-0.4, -0.2) is 43.1 Å². The van der Waals surface area contributed by atoms with Crippen LogP contribution in [-0.2, 0) is 21.4 Å². The van der Waals surface area contributed by atoms with E-state index in [0.29, 0.717) is 32.5 Å². The quantitative estimate of drug-likeness (QED) is 0.759. The third-order valence-electron chi connectivity index (χ3n) is 4.50. The van der Waals surface area contributed by atoms with Crippen molar-refractivity contribution in [3.63, 3.8) is 0 Å². The molecule has 3 rings (SSSR count). The SMILES string of the molecule is CS(=O)(=O)N1CCC(C(=O)NCc2ccc(C(O)c3cccs3)s2)CC1. The van der Waals surface area contributed by atoms with Crippen molar-refractivity contribution in [3.05, 3.63) is 44.3 Å². The van der Waals surface area contributed by atoms with Gasteiger partial charge in [-0.15, -0.1) is 22.7 Å². The third-order valence-corrected chi connectivity index (χ3v) is 7.86. The molecule has 6 nitrogen and oxygen atoms in total. The van der Waals surface area contributed by atoms with Crippen molar-refractivity contribution in [3.8, 4) is 0 Å². The Balaban J connectivity index is 1.50. The summed E-state index contributed by atoms with van der Waals surface area (Å²) >= 11 is 3.00. The van der Waals surface area contributed by atoms with Crippen LogP contribution in [0.1, 0.15) is 33.6 Å². The Labute approximate surface area is 161 Å². The molecular formula is C17H22N2O4S3. The van der Waals surface area contributed by atoms with E-state index in [9.17, 15) is 18.3 Å². The normalized spacial score (nSPS) is 17.9. The van der Waals surface area contributed by atoms with Crippen molar-refractivity contribution in [1.82, 2.24) is 9.62 Å². The van der Waals surface area contributed by atoms with E-state index < -0.39 is 16.1 Å². The van der Waals surface area contributed by atoms with Gasteiger partial charge >= 0.3 is 0 Å². The van der Waals surface area contributed by atoms with Crippen LogP contribution in [0.15, 0.2) is 29.6 Å². The van der Waals surface area contributed by atoms with Crippen molar-refractivity contribution >= 4 is 38.6 Å². The molecule has 1 aliphatic heterocycles. The van der Waals surface area contributed by atoms with Gasteiger partial charge in [0.1, 0.15) is 6.10 Å². The number of aliphatic hydroxyl groups excluding tert-OH is 1. The standard InChI is InChI=1S/C17H22N2O4S3/c1-26(22,23)19-8-6-12(7-9-19)17(21)18-11-13-4-5-15(25-13)16(20)14-3-2-10-24-14/h2-5,10,12,16,20H,6-9,11H2,1H3,(H,18,21). The van der Waals surface area contributed by atoms with Crippen molar-refractivity contribution in [2.24, 2.45) is 5.92 Å². The zero-order valence-electron chi connectivity index (χ0n) is 14.4. The Morgan fingerprint density at radius 3 is 2.65 bits per heavy atom. The van der Waals surface area contributed by atoms with Gasteiger partial charge in [-0.3, -0.25) is 4.79 Å². The molecule has 0 aromatic carbocycles. The minimum absolute atomic E-state index is 0.0353. The fourth-order valence-corrected chi connectivity index (χ4v) is 5.63. The Morgan fingerprint density at radius 1 is 1.31 bits per heavy atom. The minimum atomic E-state index is -3.17. The van der Waals surface area contributed by atoms with Crippen molar-refractivity contribution < 1.29 is 18.3 Å². The fourth-order valence-electron chi connectivity index (χ4n) is 2.99. The first-order chi connectivity index (χ1) is 12.3. The molecule has 0 spiro atoms. The Morgan fingerprint density at radius 2 is 2.04 bits per heavy atom. The predicted octanol–water partition coefficient (Wildman–Crippen LogP) is 2.18. The molecule has 142 valence electrons. The molecule has 0 aliphatic carbocycles. The molecule has 1 saturated heterocycles. The van der Waals surface area contributed by atoms with Gasteiger partial charge < -0.3 is 10.4 Å². The average Bonchev–Trinajstić information content (AvgIpc) is 3.30. The van der Waals surface area contributed by atoms with Gasteiger partial charge in [0, 0.05) is 33.6 Å². The first-order valence-corrected chi connectivity index (χ1v) is 11.9. The summed E-state index contributed by atoms with van der Waals surface area (Å²) in [5, 5.41) is 15.2. The molecule has 1 amide bonds. The molecule has 0 saturated carbocycles. The van der Waals surface area contributed by atoms with E-state index >= 15 is 0 Å². The van der Waals surface area contributed by atoms with Gasteiger partial charge in [0.15, 0.2) is 0 Å². The summed E-state index contributed by atoms with van der Waals surface area (Å²) in [6, 6.07) is 7.62. The monoisotopic (exact) mass is 414 g/mol. The highest BCUT2D eigenvalue weighted by Crippen LogP contribution is 2.31. The van der Waals surface area contributed by atoms with Crippen molar-refractivity contribution in [2.45, 2.75) is 25.5 Å². The van der Waals surface area contributed by atoms with E-state index in [-0.39, 0.29) is 11.8 Å². The first kappa shape index (κ1) is 19.5. The summed E-state index contributed by atoms with van der Waals surface area (Å²) in [6.45, 7) is 1.22. The zero-order chi connectivity index (χ0) is 18.7. The second-order valence-electron chi connectivity index (χ2n) is 6.38.